The third kappa shape index (κ3) is 2.92. The Kier molecular flexibility index (Phi) is 4.99. The van der Waals surface area contributed by atoms with Crippen molar-refractivity contribution in [1.29, 1.82) is 0 Å². The molecule has 1 aromatic carbocycles. The number of rotatable bonds is 5. The van der Waals surface area contributed by atoms with Crippen LogP contribution in [0.3, 0.4) is 0 Å². The standard InChI is InChI=1S/C20H23N/c1-5-8-13-18-16(4)21(17(11-6-2)12-7-3)20-15-10-9-14-19(18)20/h6-15H,2,5H2,1,3-4H3/b12-7-,13-8-,17-11+. The highest BCUT2D eigenvalue weighted by molar-refractivity contribution is 5.94. The van der Waals surface area contributed by atoms with Gasteiger partial charge in [0.15, 0.2) is 0 Å². The fourth-order valence-electron chi connectivity index (χ4n) is 2.67. The van der Waals surface area contributed by atoms with Crippen LogP contribution in [0.2, 0.25) is 0 Å². The van der Waals surface area contributed by atoms with Crippen LogP contribution in [-0.2, 0) is 0 Å². The van der Waals surface area contributed by atoms with Gasteiger partial charge in [0, 0.05) is 22.3 Å². The van der Waals surface area contributed by atoms with Gasteiger partial charge < -0.3 is 4.57 Å². The van der Waals surface area contributed by atoms with E-state index in [2.05, 4.69) is 73.6 Å². The van der Waals surface area contributed by atoms with Gasteiger partial charge in [-0.3, -0.25) is 0 Å². The van der Waals surface area contributed by atoms with Crippen molar-refractivity contribution in [2.75, 3.05) is 0 Å². The summed E-state index contributed by atoms with van der Waals surface area (Å²) in [5.74, 6) is 0. The van der Waals surface area contributed by atoms with Crippen LogP contribution in [0, 0.1) is 6.92 Å². The second-order valence-corrected chi connectivity index (χ2v) is 4.99. The van der Waals surface area contributed by atoms with Crippen molar-refractivity contribution in [3.8, 4) is 0 Å². The summed E-state index contributed by atoms with van der Waals surface area (Å²) < 4.78 is 2.30. The van der Waals surface area contributed by atoms with Crippen LogP contribution in [0.15, 0.2) is 61.2 Å². The molecule has 0 N–H and O–H groups in total. The van der Waals surface area contributed by atoms with Crippen LogP contribution < -0.4 is 0 Å². The molecule has 0 unspecified atom stereocenters. The zero-order chi connectivity index (χ0) is 15.2. The van der Waals surface area contributed by atoms with Gasteiger partial charge in [-0.05, 0) is 38.5 Å². The quantitative estimate of drug-likeness (QED) is 0.593. The lowest BCUT2D eigenvalue weighted by molar-refractivity contribution is 1.09. The summed E-state index contributed by atoms with van der Waals surface area (Å²) >= 11 is 0. The van der Waals surface area contributed by atoms with Crippen LogP contribution in [-0.4, -0.2) is 4.57 Å². The first-order valence-corrected chi connectivity index (χ1v) is 7.47. The number of hydrogen-bond acceptors (Lipinski definition) is 0. The molecule has 1 heteroatoms. The lowest BCUT2D eigenvalue weighted by Gasteiger charge is -2.09. The summed E-state index contributed by atoms with van der Waals surface area (Å²) in [7, 11) is 0. The normalized spacial score (nSPS) is 12.8. The van der Waals surface area contributed by atoms with E-state index in [0.29, 0.717) is 0 Å². The van der Waals surface area contributed by atoms with E-state index >= 15 is 0 Å². The van der Waals surface area contributed by atoms with Gasteiger partial charge in [0.05, 0.1) is 5.52 Å². The Bertz CT molecular complexity index is 724. The van der Waals surface area contributed by atoms with Gasteiger partial charge in [-0.1, -0.05) is 56.0 Å². The van der Waals surface area contributed by atoms with Crippen LogP contribution in [0.25, 0.3) is 22.7 Å². The maximum Gasteiger partial charge on any atom is 0.0537 e. The summed E-state index contributed by atoms with van der Waals surface area (Å²) in [5.41, 5.74) is 4.92. The van der Waals surface area contributed by atoms with Crippen LogP contribution in [0.1, 0.15) is 31.5 Å². The maximum atomic E-state index is 3.84. The Morgan fingerprint density at radius 2 is 2.05 bits per heavy atom. The molecule has 1 aromatic heterocycles. The van der Waals surface area contributed by atoms with Crippen molar-refractivity contribution in [1.82, 2.24) is 4.57 Å². The number of para-hydroxylation sites is 1. The van der Waals surface area contributed by atoms with Crippen molar-refractivity contribution in [3.63, 3.8) is 0 Å². The fraction of sp³-hybridized carbons (Fsp3) is 0.200. The average Bonchev–Trinajstić information content (AvgIpc) is 2.77. The molecule has 0 aliphatic heterocycles. The molecular formula is C20H23N. The first-order valence-electron chi connectivity index (χ1n) is 7.47. The molecule has 0 amide bonds. The summed E-state index contributed by atoms with van der Waals surface area (Å²) in [4.78, 5) is 0. The van der Waals surface area contributed by atoms with E-state index in [9.17, 15) is 0 Å². The average molecular weight is 277 g/mol. The lowest BCUT2D eigenvalue weighted by Crippen LogP contribution is -1.97. The number of benzene rings is 1. The molecule has 0 spiro atoms. The van der Waals surface area contributed by atoms with Gasteiger partial charge in [0.2, 0.25) is 0 Å². The molecule has 2 aromatic rings. The predicted octanol–water partition coefficient (Wildman–Crippen LogP) is 5.98. The summed E-state index contributed by atoms with van der Waals surface area (Å²) in [6.45, 7) is 10.2. The summed E-state index contributed by atoms with van der Waals surface area (Å²) in [5, 5.41) is 1.29. The van der Waals surface area contributed by atoms with Crippen LogP contribution >= 0.6 is 0 Å². The largest absolute Gasteiger partial charge is 0.313 e. The first-order chi connectivity index (χ1) is 10.2. The lowest BCUT2D eigenvalue weighted by atomic mass is 10.1. The van der Waals surface area contributed by atoms with Gasteiger partial charge >= 0.3 is 0 Å². The number of allylic oxidation sites excluding steroid dienone is 6. The smallest absolute Gasteiger partial charge is 0.0537 e. The Labute approximate surface area is 127 Å². The van der Waals surface area contributed by atoms with Crippen molar-refractivity contribution >= 4 is 22.7 Å². The molecule has 0 saturated heterocycles. The molecule has 1 heterocycles. The number of fused-ring (bicyclic) bond motifs is 1. The van der Waals surface area contributed by atoms with E-state index in [-0.39, 0.29) is 0 Å². The van der Waals surface area contributed by atoms with Crippen molar-refractivity contribution < 1.29 is 0 Å². The molecule has 0 aliphatic rings. The third-order valence-electron chi connectivity index (χ3n) is 3.56. The maximum absolute atomic E-state index is 3.84. The fourth-order valence-corrected chi connectivity index (χ4v) is 2.67. The van der Waals surface area contributed by atoms with Gasteiger partial charge in [0.25, 0.3) is 0 Å². The Hall–Kier alpha value is -2.28. The van der Waals surface area contributed by atoms with Gasteiger partial charge in [-0.25, -0.2) is 0 Å². The second-order valence-electron chi connectivity index (χ2n) is 4.99. The van der Waals surface area contributed by atoms with Crippen molar-refractivity contribution in [3.05, 3.63) is 72.5 Å². The summed E-state index contributed by atoms with van der Waals surface area (Å²) in [6, 6.07) is 8.55. The van der Waals surface area contributed by atoms with E-state index in [4.69, 9.17) is 0 Å². The van der Waals surface area contributed by atoms with E-state index in [1.54, 1.807) is 0 Å². The molecule has 1 nitrogen and oxygen atoms in total. The molecule has 0 bridgehead atoms. The van der Waals surface area contributed by atoms with Gasteiger partial charge in [-0.15, -0.1) is 0 Å². The minimum atomic E-state index is 1.04. The minimum Gasteiger partial charge on any atom is -0.313 e. The second kappa shape index (κ2) is 6.94. The SMILES string of the molecule is C=C/C=C(\C=C/C)n1c(C)c(/C=C\CC)c2ccccc21. The van der Waals surface area contributed by atoms with Gasteiger partial charge in [0.1, 0.15) is 0 Å². The molecular weight excluding hydrogens is 254 g/mol. The number of hydrogen-bond donors (Lipinski definition) is 0. The molecule has 0 aliphatic carbocycles. The number of aromatic nitrogens is 1. The Morgan fingerprint density at radius 1 is 1.29 bits per heavy atom. The van der Waals surface area contributed by atoms with E-state index in [0.717, 1.165) is 12.1 Å². The highest BCUT2D eigenvalue weighted by Crippen LogP contribution is 2.30. The summed E-state index contributed by atoms with van der Waals surface area (Å²) in [6.07, 6.45) is 13.6. The third-order valence-corrected chi connectivity index (χ3v) is 3.56. The van der Waals surface area contributed by atoms with Crippen molar-refractivity contribution in [2.24, 2.45) is 0 Å². The Morgan fingerprint density at radius 3 is 2.71 bits per heavy atom. The molecule has 0 atom stereocenters. The highest BCUT2D eigenvalue weighted by Gasteiger charge is 2.12. The topological polar surface area (TPSA) is 4.93 Å². The van der Waals surface area contributed by atoms with Crippen LogP contribution in [0.5, 0.6) is 0 Å². The molecule has 21 heavy (non-hydrogen) atoms. The van der Waals surface area contributed by atoms with E-state index in [1.165, 1.54) is 22.2 Å². The molecule has 2 rings (SSSR count). The Balaban J connectivity index is 2.80. The van der Waals surface area contributed by atoms with E-state index in [1.807, 2.05) is 19.1 Å². The molecule has 108 valence electrons. The molecule has 0 radical (unpaired) electrons. The number of nitrogens with zero attached hydrogens (tertiary/aromatic N) is 1. The highest BCUT2D eigenvalue weighted by atomic mass is 15.0. The van der Waals surface area contributed by atoms with Crippen molar-refractivity contribution in [2.45, 2.75) is 27.2 Å². The van der Waals surface area contributed by atoms with Crippen LogP contribution in [0.4, 0.5) is 0 Å². The zero-order valence-electron chi connectivity index (χ0n) is 13.1. The van der Waals surface area contributed by atoms with Gasteiger partial charge in [-0.2, -0.15) is 0 Å². The monoisotopic (exact) mass is 277 g/mol. The molecule has 0 fully saturated rings. The molecule has 0 saturated carbocycles. The first kappa shape index (κ1) is 15.1. The van der Waals surface area contributed by atoms with E-state index < -0.39 is 0 Å². The minimum absolute atomic E-state index is 1.04. The predicted molar refractivity (Wildman–Crippen MR) is 95.3 cm³/mol. The zero-order valence-corrected chi connectivity index (χ0v) is 13.1.